The minimum atomic E-state index is -2.15. The highest BCUT2D eigenvalue weighted by atomic mass is 32.2. The molecule has 8 nitrogen and oxygen atoms in total. The zero-order valence-electron chi connectivity index (χ0n) is 12.1. The van der Waals surface area contributed by atoms with E-state index in [1.54, 1.807) is 6.92 Å². The van der Waals surface area contributed by atoms with Gasteiger partial charge < -0.3 is 19.7 Å². The summed E-state index contributed by atoms with van der Waals surface area (Å²) in [7, 11) is 0. The summed E-state index contributed by atoms with van der Waals surface area (Å²) in [5.41, 5.74) is -2.61. The van der Waals surface area contributed by atoms with Gasteiger partial charge in [0, 0.05) is 0 Å². The van der Waals surface area contributed by atoms with Crippen LogP contribution >= 0.6 is 23.1 Å². The van der Waals surface area contributed by atoms with Gasteiger partial charge in [0.25, 0.3) is 11.3 Å². The van der Waals surface area contributed by atoms with Crippen LogP contribution in [0.15, 0.2) is 9.95 Å². The first-order valence-electron chi connectivity index (χ1n) is 6.61. The van der Waals surface area contributed by atoms with Gasteiger partial charge in [0.05, 0.1) is 28.6 Å². The Labute approximate surface area is 137 Å². The number of nitrogens with zero attached hydrogens (tertiary/aromatic N) is 2. The fourth-order valence-corrected chi connectivity index (χ4v) is 4.57. The molecule has 0 aromatic carbocycles. The number of thioether (sulfide) groups is 1. The van der Waals surface area contributed by atoms with Gasteiger partial charge in [-0.3, -0.25) is 4.79 Å². The normalized spacial score (nSPS) is 19.8. The Balaban J connectivity index is 2.30. The molecule has 1 N–H and O–H groups in total. The van der Waals surface area contributed by atoms with Gasteiger partial charge in [0.15, 0.2) is 5.16 Å². The maximum Gasteiger partial charge on any atom is 0.361 e. The van der Waals surface area contributed by atoms with Crippen molar-refractivity contribution in [2.75, 3.05) is 12.4 Å². The highest BCUT2D eigenvalue weighted by Gasteiger charge is 2.48. The van der Waals surface area contributed by atoms with E-state index in [1.807, 2.05) is 0 Å². The number of carboxylic acid groups (broad SMARTS) is 1. The lowest BCUT2D eigenvalue weighted by Crippen LogP contribution is -2.48. The second-order valence-corrected chi connectivity index (χ2v) is 6.83. The van der Waals surface area contributed by atoms with Gasteiger partial charge in [0.1, 0.15) is 4.83 Å². The summed E-state index contributed by atoms with van der Waals surface area (Å²) in [6.07, 6.45) is 0. The molecule has 3 rings (SSSR count). The predicted octanol–water partition coefficient (Wildman–Crippen LogP) is -0.556. The van der Waals surface area contributed by atoms with Crippen molar-refractivity contribution in [1.82, 2.24) is 9.55 Å². The Kier molecular flexibility index (Phi) is 3.69. The van der Waals surface area contributed by atoms with E-state index < -0.39 is 23.2 Å². The van der Waals surface area contributed by atoms with Gasteiger partial charge in [-0.2, -0.15) is 0 Å². The molecule has 1 aliphatic heterocycles. The van der Waals surface area contributed by atoms with Crippen LogP contribution in [0.25, 0.3) is 10.2 Å². The lowest BCUT2D eigenvalue weighted by atomic mass is 10.2. The number of carbonyl (C=O) groups is 2. The number of carboxylic acids is 1. The number of hydrogen-bond donors (Lipinski definition) is 1. The van der Waals surface area contributed by atoms with E-state index in [9.17, 15) is 24.6 Å². The van der Waals surface area contributed by atoms with E-state index >= 15 is 0 Å². The summed E-state index contributed by atoms with van der Waals surface area (Å²) in [5.74, 6) is -2.44. The van der Waals surface area contributed by atoms with Crippen LogP contribution in [0.1, 0.15) is 22.2 Å². The summed E-state index contributed by atoms with van der Waals surface area (Å²) in [6.45, 7) is 3.10. The average molecular weight is 355 g/mol. The van der Waals surface area contributed by atoms with Crippen LogP contribution in [0.3, 0.4) is 0 Å². The lowest BCUT2D eigenvalue weighted by molar-refractivity contribution is -0.254. The molecular weight excluding hydrogens is 344 g/mol. The second-order valence-electron chi connectivity index (χ2n) is 4.88. The average Bonchev–Trinajstić information content (AvgIpc) is 2.99. The van der Waals surface area contributed by atoms with Crippen molar-refractivity contribution < 1.29 is 24.5 Å². The molecule has 10 heteroatoms. The highest BCUT2D eigenvalue weighted by molar-refractivity contribution is 7.99. The zero-order chi connectivity index (χ0) is 16.9. The van der Waals surface area contributed by atoms with Crippen LogP contribution in [0.4, 0.5) is 0 Å². The Hall–Kier alpha value is -1.91. The second kappa shape index (κ2) is 5.32. The minimum Gasteiger partial charge on any atom is -0.544 e. The summed E-state index contributed by atoms with van der Waals surface area (Å²) in [4.78, 5) is 40.2. The topological polar surface area (TPSA) is 122 Å². The van der Waals surface area contributed by atoms with Gasteiger partial charge >= 0.3 is 5.97 Å². The molecule has 0 unspecified atom stereocenters. The van der Waals surface area contributed by atoms with E-state index in [0.29, 0.717) is 0 Å². The molecule has 2 aromatic heterocycles. The van der Waals surface area contributed by atoms with E-state index in [1.165, 1.54) is 6.92 Å². The van der Waals surface area contributed by atoms with Gasteiger partial charge in [-0.15, -0.1) is 11.3 Å². The number of ether oxygens (including phenoxy) is 1. The molecule has 1 aliphatic rings. The first-order chi connectivity index (χ1) is 10.8. The van der Waals surface area contributed by atoms with E-state index in [0.717, 1.165) is 27.7 Å². The van der Waals surface area contributed by atoms with Gasteiger partial charge in [-0.25, -0.2) is 14.3 Å². The summed E-state index contributed by atoms with van der Waals surface area (Å²) in [5, 5.41) is 21.9. The van der Waals surface area contributed by atoms with Crippen LogP contribution in [-0.2, 0) is 15.3 Å². The molecule has 1 atom stereocenters. The van der Waals surface area contributed by atoms with Crippen molar-refractivity contribution in [1.29, 1.82) is 0 Å². The van der Waals surface area contributed by atoms with Gasteiger partial charge in [-0.05, 0) is 19.4 Å². The standard InChI is InChI=1S/C13H12N2O6S2/c1-3-21-11(19)13(20)4-22-12-14-8-6(9(16)15(12)13)5(2)7(23-8)10(17)18/h20H,3-4H2,1-2H3,(H,17,18)/p-1/t13-/m1/s1. The molecule has 2 aromatic rings. The largest absolute Gasteiger partial charge is 0.544 e. The highest BCUT2D eigenvalue weighted by Crippen LogP contribution is 2.37. The Morgan fingerprint density at radius 3 is 2.83 bits per heavy atom. The van der Waals surface area contributed by atoms with Crippen LogP contribution in [0.5, 0.6) is 0 Å². The van der Waals surface area contributed by atoms with Crippen molar-refractivity contribution in [3.05, 3.63) is 20.8 Å². The first kappa shape index (κ1) is 16.0. The maximum absolute atomic E-state index is 12.7. The maximum atomic E-state index is 12.7. The van der Waals surface area contributed by atoms with Crippen LogP contribution in [0.2, 0.25) is 0 Å². The number of aromatic carboxylic acids is 1. The summed E-state index contributed by atoms with van der Waals surface area (Å²) < 4.78 is 5.71. The van der Waals surface area contributed by atoms with E-state index in [2.05, 4.69) is 4.98 Å². The van der Waals surface area contributed by atoms with E-state index in [-0.39, 0.29) is 38.2 Å². The lowest BCUT2D eigenvalue weighted by Gasteiger charge is -2.21. The van der Waals surface area contributed by atoms with E-state index in [4.69, 9.17) is 4.74 Å². The number of fused-ring (bicyclic) bond motifs is 2. The molecule has 0 saturated carbocycles. The fourth-order valence-electron chi connectivity index (χ4n) is 2.41. The molecule has 0 radical (unpaired) electrons. The number of hydrogen-bond acceptors (Lipinski definition) is 9. The third kappa shape index (κ3) is 2.17. The smallest absolute Gasteiger partial charge is 0.361 e. The Morgan fingerprint density at radius 2 is 2.22 bits per heavy atom. The monoisotopic (exact) mass is 355 g/mol. The van der Waals surface area contributed by atoms with Crippen molar-refractivity contribution in [3.8, 4) is 0 Å². The Morgan fingerprint density at radius 1 is 1.52 bits per heavy atom. The van der Waals surface area contributed by atoms with Gasteiger partial charge in [-0.1, -0.05) is 11.8 Å². The molecule has 0 amide bonds. The molecule has 0 spiro atoms. The number of aryl methyl sites for hydroxylation is 1. The third-order valence-corrected chi connectivity index (χ3v) is 5.74. The number of rotatable bonds is 3. The number of aromatic nitrogens is 2. The fraction of sp³-hybridized carbons (Fsp3) is 0.385. The van der Waals surface area contributed by atoms with Crippen molar-refractivity contribution in [2.24, 2.45) is 0 Å². The van der Waals surface area contributed by atoms with Crippen molar-refractivity contribution in [3.63, 3.8) is 0 Å². The molecular formula is C13H11N2O6S2-. The number of thiophene rings is 1. The quantitative estimate of drug-likeness (QED) is 0.575. The van der Waals surface area contributed by atoms with Crippen LogP contribution < -0.4 is 10.7 Å². The number of esters is 1. The van der Waals surface area contributed by atoms with Crippen LogP contribution in [0, 0.1) is 6.92 Å². The summed E-state index contributed by atoms with van der Waals surface area (Å²) >= 11 is 1.86. The predicted molar refractivity (Wildman–Crippen MR) is 80.5 cm³/mol. The van der Waals surface area contributed by atoms with Crippen molar-refractivity contribution >= 4 is 45.3 Å². The molecule has 3 heterocycles. The minimum absolute atomic E-state index is 0.0534. The molecule has 0 fully saturated rings. The van der Waals surface area contributed by atoms with Crippen LogP contribution in [-0.4, -0.2) is 39.0 Å². The summed E-state index contributed by atoms with van der Waals surface area (Å²) in [6, 6.07) is 0. The van der Waals surface area contributed by atoms with Gasteiger partial charge in [0.2, 0.25) is 0 Å². The molecule has 0 bridgehead atoms. The zero-order valence-corrected chi connectivity index (χ0v) is 13.7. The third-order valence-electron chi connectivity index (χ3n) is 3.49. The molecule has 0 saturated heterocycles. The molecule has 23 heavy (non-hydrogen) atoms. The van der Waals surface area contributed by atoms with Crippen molar-refractivity contribution in [2.45, 2.75) is 24.7 Å². The SMILES string of the molecule is CCOC(=O)[C@]1(O)CSc2nc3sc(C(=O)[O-])c(C)c3c(=O)n21. The molecule has 0 aliphatic carbocycles. The number of aliphatic hydroxyl groups is 1. The molecule has 122 valence electrons. The first-order valence-corrected chi connectivity index (χ1v) is 8.41. The number of carbonyl (C=O) groups excluding carboxylic acids is 2. The Bertz CT molecular complexity index is 902.